The van der Waals surface area contributed by atoms with E-state index in [0.717, 1.165) is 6.42 Å². The summed E-state index contributed by atoms with van der Waals surface area (Å²) in [5.74, 6) is -0.245. The van der Waals surface area contributed by atoms with Crippen molar-refractivity contribution in [3.05, 3.63) is 59.7 Å². The number of carbonyl (C=O) groups excluding carboxylic acids is 1. The highest BCUT2D eigenvalue weighted by molar-refractivity contribution is 5.76. The van der Waals surface area contributed by atoms with E-state index in [1.807, 2.05) is 0 Å². The Labute approximate surface area is 107 Å². The van der Waals surface area contributed by atoms with Gasteiger partial charge >= 0.3 is 5.97 Å². The predicted octanol–water partition coefficient (Wildman–Crippen LogP) is 3.44. The summed E-state index contributed by atoms with van der Waals surface area (Å²) >= 11 is 0. The number of rotatable bonds is 0. The van der Waals surface area contributed by atoms with Crippen LogP contribution in [0.15, 0.2) is 48.5 Å². The molecule has 92 valence electrons. The predicted molar refractivity (Wildman–Crippen MR) is 72.4 cm³/mol. The number of ether oxygens (including phenoxy) is 1. The summed E-state index contributed by atoms with van der Waals surface area (Å²) in [5.41, 5.74) is 5.75. The molecular weight excluding hydrogens is 224 g/mol. The molecule has 1 aliphatic carbocycles. The first-order valence-electron chi connectivity index (χ1n) is 5.93. The summed E-state index contributed by atoms with van der Waals surface area (Å²) in [7, 11) is 1.35. The van der Waals surface area contributed by atoms with Crippen LogP contribution in [0.3, 0.4) is 0 Å². The minimum atomic E-state index is -0.245. The van der Waals surface area contributed by atoms with Crippen molar-refractivity contribution in [2.24, 2.45) is 0 Å². The fourth-order valence-corrected chi connectivity index (χ4v) is 2.08. The van der Waals surface area contributed by atoms with Crippen molar-refractivity contribution in [3.63, 3.8) is 0 Å². The van der Waals surface area contributed by atoms with Gasteiger partial charge in [0, 0.05) is 6.92 Å². The zero-order valence-electron chi connectivity index (χ0n) is 10.6. The van der Waals surface area contributed by atoms with Crippen LogP contribution in [0.5, 0.6) is 0 Å². The van der Waals surface area contributed by atoms with Gasteiger partial charge in [-0.25, -0.2) is 0 Å². The molecule has 0 radical (unpaired) electrons. The van der Waals surface area contributed by atoms with Gasteiger partial charge in [-0.2, -0.15) is 0 Å². The van der Waals surface area contributed by atoms with Crippen LogP contribution in [-0.4, -0.2) is 13.1 Å². The number of benzene rings is 2. The third kappa shape index (κ3) is 2.59. The lowest BCUT2D eigenvalue weighted by Gasteiger charge is -1.98. The van der Waals surface area contributed by atoms with Crippen LogP contribution >= 0.6 is 0 Å². The van der Waals surface area contributed by atoms with Gasteiger partial charge in [0.25, 0.3) is 0 Å². The molecular formula is C16H16O2. The Balaban J connectivity index is 0.000000209. The standard InChI is InChI=1S/C13H10.C3H6O2/c1-3-7-12-10(5-1)9-11-6-2-4-8-13(11)12;1-3(4)5-2/h1-8H,9H2;1-2H3. The zero-order valence-corrected chi connectivity index (χ0v) is 10.6. The first-order chi connectivity index (χ1) is 8.72. The van der Waals surface area contributed by atoms with Gasteiger partial charge in [0.1, 0.15) is 0 Å². The van der Waals surface area contributed by atoms with Crippen LogP contribution in [0.2, 0.25) is 0 Å². The van der Waals surface area contributed by atoms with E-state index in [9.17, 15) is 4.79 Å². The lowest BCUT2D eigenvalue weighted by atomic mass is 10.1. The van der Waals surface area contributed by atoms with Crippen LogP contribution in [0.25, 0.3) is 11.1 Å². The molecule has 18 heavy (non-hydrogen) atoms. The van der Waals surface area contributed by atoms with E-state index >= 15 is 0 Å². The van der Waals surface area contributed by atoms with Crippen LogP contribution < -0.4 is 0 Å². The van der Waals surface area contributed by atoms with Crippen molar-refractivity contribution in [2.45, 2.75) is 13.3 Å². The van der Waals surface area contributed by atoms with Gasteiger partial charge in [-0.1, -0.05) is 48.5 Å². The van der Waals surface area contributed by atoms with Crippen molar-refractivity contribution < 1.29 is 9.53 Å². The summed E-state index contributed by atoms with van der Waals surface area (Å²) in [6.45, 7) is 1.36. The minimum Gasteiger partial charge on any atom is -0.469 e. The average molecular weight is 240 g/mol. The molecule has 0 saturated carbocycles. The monoisotopic (exact) mass is 240 g/mol. The average Bonchev–Trinajstić information content (AvgIpc) is 2.78. The second-order valence-electron chi connectivity index (χ2n) is 4.19. The van der Waals surface area contributed by atoms with Gasteiger partial charge in [-0.15, -0.1) is 0 Å². The van der Waals surface area contributed by atoms with Crippen LogP contribution in [0.1, 0.15) is 18.1 Å². The molecule has 2 heteroatoms. The molecule has 0 heterocycles. The summed E-state index contributed by atoms with van der Waals surface area (Å²) < 4.78 is 4.11. The first-order valence-corrected chi connectivity index (χ1v) is 5.93. The normalized spacial score (nSPS) is 10.8. The second kappa shape index (κ2) is 5.50. The molecule has 0 spiro atoms. The molecule has 0 saturated heterocycles. The number of hydrogen-bond acceptors (Lipinski definition) is 2. The number of esters is 1. The largest absolute Gasteiger partial charge is 0.469 e. The van der Waals surface area contributed by atoms with Crippen molar-refractivity contribution >= 4 is 5.97 Å². The van der Waals surface area contributed by atoms with Crippen LogP contribution in [0, 0.1) is 0 Å². The molecule has 0 aromatic heterocycles. The molecule has 0 aliphatic heterocycles. The molecule has 0 bridgehead atoms. The van der Waals surface area contributed by atoms with E-state index in [0.29, 0.717) is 0 Å². The maximum Gasteiger partial charge on any atom is 0.302 e. The smallest absolute Gasteiger partial charge is 0.302 e. The highest BCUT2D eigenvalue weighted by atomic mass is 16.5. The first kappa shape index (κ1) is 12.4. The lowest BCUT2D eigenvalue weighted by molar-refractivity contribution is -0.137. The highest BCUT2D eigenvalue weighted by Gasteiger charge is 2.15. The molecule has 2 aromatic rings. The third-order valence-corrected chi connectivity index (χ3v) is 2.99. The molecule has 2 nitrogen and oxygen atoms in total. The Morgan fingerprint density at radius 2 is 1.33 bits per heavy atom. The number of hydrogen-bond donors (Lipinski definition) is 0. The Morgan fingerprint density at radius 1 is 0.944 bits per heavy atom. The van der Waals surface area contributed by atoms with Crippen molar-refractivity contribution in [2.75, 3.05) is 7.11 Å². The van der Waals surface area contributed by atoms with E-state index in [4.69, 9.17) is 0 Å². The van der Waals surface area contributed by atoms with E-state index in [-0.39, 0.29) is 5.97 Å². The molecule has 0 unspecified atom stereocenters. The highest BCUT2D eigenvalue weighted by Crippen LogP contribution is 2.35. The Morgan fingerprint density at radius 3 is 1.72 bits per heavy atom. The minimum absolute atomic E-state index is 0.245. The maximum absolute atomic E-state index is 9.59. The van der Waals surface area contributed by atoms with Crippen LogP contribution in [0.4, 0.5) is 0 Å². The summed E-state index contributed by atoms with van der Waals surface area (Å²) in [5, 5.41) is 0. The number of carbonyl (C=O) groups is 1. The quantitative estimate of drug-likeness (QED) is 0.563. The van der Waals surface area contributed by atoms with Gasteiger partial charge < -0.3 is 4.74 Å². The molecule has 1 aliphatic rings. The van der Waals surface area contributed by atoms with E-state index in [1.54, 1.807) is 0 Å². The molecule has 0 fully saturated rings. The van der Waals surface area contributed by atoms with Gasteiger partial charge in [0.15, 0.2) is 0 Å². The fraction of sp³-hybridized carbons (Fsp3) is 0.188. The van der Waals surface area contributed by atoms with E-state index in [2.05, 4.69) is 53.3 Å². The van der Waals surface area contributed by atoms with Crippen molar-refractivity contribution in [1.29, 1.82) is 0 Å². The Kier molecular flexibility index (Phi) is 3.78. The Bertz CT molecular complexity index is 515. The van der Waals surface area contributed by atoms with Gasteiger partial charge in [0.2, 0.25) is 0 Å². The number of fused-ring (bicyclic) bond motifs is 3. The summed E-state index contributed by atoms with van der Waals surface area (Å²) in [6, 6.07) is 17.3. The molecule has 0 amide bonds. The van der Waals surface area contributed by atoms with Crippen LogP contribution in [-0.2, 0) is 16.0 Å². The molecule has 0 N–H and O–H groups in total. The summed E-state index contributed by atoms with van der Waals surface area (Å²) in [6.07, 6.45) is 1.10. The van der Waals surface area contributed by atoms with Gasteiger partial charge in [-0.05, 0) is 28.7 Å². The molecule has 2 aromatic carbocycles. The summed E-state index contributed by atoms with van der Waals surface area (Å²) in [4.78, 5) is 9.59. The van der Waals surface area contributed by atoms with Crippen molar-refractivity contribution in [1.82, 2.24) is 0 Å². The van der Waals surface area contributed by atoms with E-state index < -0.39 is 0 Å². The second-order valence-corrected chi connectivity index (χ2v) is 4.19. The van der Waals surface area contributed by atoms with Gasteiger partial charge in [-0.3, -0.25) is 4.79 Å². The van der Waals surface area contributed by atoms with Crippen molar-refractivity contribution in [3.8, 4) is 11.1 Å². The topological polar surface area (TPSA) is 26.3 Å². The SMILES string of the molecule is COC(C)=O.c1ccc2c(c1)Cc1ccccc1-2. The lowest BCUT2D eigenvalue weighted by Crippen LogP contribution is -1.88. The zero-order chi connectivity index (χ0) is 13.0. The fourth-order valence-electron chi connectivity index (χ4n) is 2.08. The molecule has 3 rings (SSSR count). The van der Waals surface area contributed by atoms with Gasteiger partial charge in [0.05, 0.1) is 7.11 Å². The maximum atomic E-state index is 9.59. The number of methoxy groups -OCH3 is 1. The van der Waals surface area contributed by atoms with E-state index in [1.165, 1.54) is 36.3 Å². The Hall–Kier alpha value is -2.09. The molecule has 0 atom stereocenters. The third-order valence-electron chi connectivity index (χ3n) is 2.99.